The monoisotopic (exact) mass is 191 g/mol. The number of rotatable bonds is 2. The SMILES string of the molecule is N[C@@H](CF)c1ccc(F)cc1Cl. The van der Waals surface area contributed by atoms with Gasteiger partial charge in [0.25, 0.3) is 0 Å². The van der Waals surface area contributed by atoms with Gasteiger partial charge < -0.3 is 5.73 Å². The second-order valence-electron chi connectivity index (χ2n) is 2.43. The van der Waals surface area contributed by atoms with Gasteiger partial charge in [-0.3, -0.25) is 0 Å². The molecule has 0 aliphatic heterocycles. The summed E-state index contributed by atoms with van der Waals surface area (Å²) in [6, 6.07) is 2.95. The zero-order chi connectivity index (χ0) is 9.14. The lowest BCUT2D eigenvalue weighted by atomic mass is 10.1. The first kappa shape index (κ1) is 9.42. The van der Waals surface area contributed by atoms with Crippen molar-refractivity contribution in [1.29, 1.82) is 0 Å². The minimum atomic E-state index is -0.766. The largest absolute Gasteiger partial charge is 0.322 e. The highest BCUT2D eigenvalue weighted by Gasteiger charge is 2.09. The van der Waals surface area contributed by atoms with Gasteiger partial charge >= 0.3 is 0 Å². The summed E-state index contributed by atoms with van der Waals surface area (Å²) in [6.45, 7) is -0.703. The Kier molecular flexibility index (Phi) is 3.00. The number of benzene rings is 1. The zero-order valence-electron chi connectivity index (χ0n) is 6.23. The normalized spacial score (nSPS) is 13.0. The maximum absolute atomic E-state index is 12.5. The van der Waals surface area contributed by atoms with Crippen LogP contribution in [0.2, 0.25) is 5.02 Å². The van der Waals surface area contributed by atoms with Crippen molar-refractivity contribution >= 4 is 11.6 Å². The van der Waals surface area contributed by atoms with Gasteiger partial charge in [-0.05, 0) is 17.7 Å². The topological polar surface area (TPSA) is 26.0 Å². The molecule has 1 aromatic carbocycles. The summed E-state index contributed by atoms with van der Waals surface area (Å²) < 4.78 is 24.6. The fourth-order valence-corrected chi connectivity index (χ4v) is 1.19. The molecular weight excluding hydrogens is 184 g/mol. The molecule has 0 aromatic heterocycles. The molecule has 0 fully saturated rings. The van der Waals surface area contributed by atoms with Gasteiger partial charge in [0.2, 0.25) is 0 Å². The molecule has 4 heteroatoms. The zero-order valence-corrected chi connectivity index (χ0v) is 6.98. The lowest BCUT2D eigenvalue weighted by molar-refractivity contribution is 0.437. The molecule has 0 amide bonds. The van der Waals surface area contributed by atoms with E-state index in [1.54, 1.807) is 0 Å². The number of halogens is 3. The van der Waals surface area contributed by atoms with Crippen LogP contribution in [-0.4, -0.2) is 6.67 Å². The van der Waals surface area contributed by atoms with E-state index in [0.717, 1.165) is 6.07 Å². The average molecular weight is 192 g/mol. The molecule has 1 rings (SSSR count). The fraction of sp³-hybridized carbons (Fsp3) is 0.250. The summed E-state index contributed by atoms with van der Waals surface area (Å²) >= 11 is 5.62. The molecule has 1 nitrogen and oxygen atoms in total. The minimum Gasteiger partial charge on any atom is -0.322 e. The highest BCUT2D eigenvalue weighted by molar-refractivity contribution is 6.31. The van der Waals surface area contributed by atoms with Crippen molar-refractivity contribution in [3.05, 3.63) is 34.6 Å². The van der Waals surface area contributed by atoms with Gasteiger partial charge in [-0.2, -0.15) is 0 Å². The molecular formula is C8H8ClF2N. The Labute approximate surface area is 74.1 Å². The van der Waals surface area contributed by atoms with Crippen LogP contribution < -0.4 is 5.73 Å². The van der Waals surface area contributed by atoms with Crippen LogP contribution in [-0.2, 0) is 0 Å². The Balaban J connectivity index is 3.01. The van der Waals surface area contributed by atoms with Gasteiger partial charge in [-0.1, -0.05) is 17.7 Å². The van der Waals surface area contributed by atoms with Gasteiger partial charge in [0.1, 0.15) is 12.5 Å². The van der Waals surface area contributed by atoms with Crippen molar-refractivity contribution in [2.75, 3.05) is 6.67 Å². The van der Waals surface area contributed by atoms with Crippen LogP contribution in [0.25, 0.3) is 0 Å². The van der Waals surface area contributed by atoms with Gasteiger partial charge in [0, 0.05) is 5.02 Å². The Hall–Kier alpha value is -0.670. The Morgan fingerprint density at radius 2 is 2.17 bits per heavy atom. The summed E-state index contributed by atoms with van der Waals surface area (Å²) in [5.74, 6) is -0.449. The lowest BCUT2D eigenvalue weighted by Gasteiger charge is -2.08. The van der Waals surface area contributed by atoms with E-state index in [1.165, 1.54) is 12.1 Å². The first-order chi connectivity index (χ1) is 5.65. The molecule has 0 aliphatic rings. The maximum Gasteiger partial charge on any atom is 0.124 e. The predicted molar refractivity (Wildman–Crippen MR) is 44.3 cm³/mol. The summed E-state index contributed by atoms with van der Waals surface area (Å²) in [6.07, 6.45) is 0. The van der Waals surface area contributed by atoms with Gasteiger partial charge in [0.05, 0.1) is 6.04 Å². The van der Waals surface area contributed by atoms with E-state index in [4.69, 9.17) is 17.3 Å². The van der Waals surface area contributed by atoms with Crippen LogP contribution >= 0.6 is 11.6 Å². The molecule has 0 saturated heterocycles. The molecule has 0 heterocycles. The second-order valence-corrected chi connectivity index (χ2v) is 2.83. The van der Waals surface area contributed by atoms with E-state index >= 15 is 0 Å². The van der Waals surface area contributed by atoms with Crippen molar-refractivity contribution in [3.63, 3.8) is 0 Å². The van der Waals surface area contributed by atoms with Crippen molar-refractivity contribution in [1.82, 2.24) is 0 Å². The lowest BCUT2D eigenvalue weighted by Crippen LogP contribution is -2.12. The third-order valence-corrected chi connectivity index (χ3v) is 1.86. The molecule has 0 spiro atoms. The van der Waals surface area contributed by atoms with Crippen LogP contribution in [0, 0.1) is 5.82 Å². The first-order valence-electron chi connectivity index (χ1n) is 3.41. The van der Waals surface area contributed by atoms with Crippen LogP contribution in [0.4, 0.5) is 8.78 Å². The molecule has 12 heavy (non-hydrogen) atoms. The van der Waals surface area contributed by atoms with Crippen LogP contribution in [0.5, 0.6) is 0 Å². The molecule has 0 unspecified atom stereocenters. The summed E-state index contributed by atoms with van der Waals surface area (Å²) in [5.41, 5.74) is 5.79. The highest BCUT2D eigenvalue weighted by atomic mass is 35.5. The Morgan fingerprint density at radius 1 is 1.50 bits per heavy atom. The maximum atomic E-state index is 12.5. The summed E-state index contributed by atoms with van der Waals surface area (Å²) in [4.78, 5) is 0. The van der Waals surface area contributed by atoms with E-state index in [-0.39, 0.29) is 5.02 Å². The third-order valence-electron chi connectivity index (χ3n) is 1.53. The van der Waals surface area contributed by atoms with E-state index in [0.29, 0.717) is 5.56 Å². The number of alkyl halides is 1. The Bertz CT molecular complexity index is 278. The second kappa shape index (κ2) is 3.83. The molecule has 0 aliphatic carbocycles. The predicted octanol–water partition coefficient (Wildman–Crippen LogP) is 2.45. The quantitative estimate of drug-likeness (QED) is 0.764. The molecule has 2 N–H and O–H groups in total. The van der Waals surface area contributed by atoms with Gasteiger partial charge in [0.15, 0.2) is 0 Å². The number of hydrogen-bond acceptors (Lipinski definition) is 1. The van der Waals surface area contributed by atoms with Crippen LogP contribution in [0.1, 0.15) is 11.6 Å². The molecule has 0 saturated carbocycles. The Morgan fingerprint density at radius 3 is 2.67 bits per heavy atom. The summed E-state index contributed by atoms with van der Waals surface area (Å²) in [5, 5.41) is 0.167. The van der Waals surface area contributed by atoms with Crippen molar-refractivity contribution in [3.8, 4) is 0 Å². The van der Waals surface area contributed by atoms with Gasteiger partial charge in [-0.15, -0.1) is 0 Å². The molecule has 1 aromatic rings. The van der Waals surface area contributed by atoms with Crippen molar-refractivity contribution in [2.24, 2.45) is 5.73 Å². The van der Waals surface area contributed by atoms with E-state index < -0.39 is 18.5 Å². The molecule has 66 valence electrons. The molecule has 0 radical (unpaired) electrons. The van der Waals surface area contributed by atoms with E-state index in [1.807, 2.05) is 0 Å². The van der Waals surface area contributed by atoms with E-state index in [2.05, 4.69) is 0 Å². The molecule has 0 bridgehead atoms. The molecule has 1 atom stereocenters. The average Bonchev–Trinajstić information content (AvgIpc) is 2.03. The minimum absolute atomic E-state index is 0.167. The number of hydrogen-bond donors (Lipinski definition) is 1. The standard InChI is InChI=1S/C8H8ClF2N/c9-7-3-5(11)1-2-6(7)8(12)4-10/h1-3,8H,4,12H2/t8-/m0/s1. The fourth-order valence-electron chi connectivity index (χ4n) is 0.885. The smallest absolute Gasteiger partial charge is 0.124 e. The van der Waals surface area contributed by atoms with E-state index in [9.17, 15) is 8.78 Å². The third kappa shape index (κ3) is 1.93. The number of nitrogens with two attached hydrogens (primary N) is 1. The van der Waals surface area contributed by atoms with Crippen LogP contribution in [0.3, 0.4) is 0 Å². The summed E-state index contributed by atoms with van der Waals surface area (Å²) in [7, 11) is 0. The van der Waals surface area contributed by atoms with Crippen LogP contribution in [0.15, 0.2) is 18.2 Å². The highest BCUT2D eigenvalue weighted by Crippen LogP contribution is 2.22. The first-order valence-corrected chi connectivity index (χ1v) is 3.79. The van der Waals surface area contributed by atoms with Crippen molar-refractivity contribution < 1.29 is 8.78 Å². The van der Waals surface area contributed by atoms with Crippen molar-refractivity contribution in [2.45, 2.75) is 6.04 Å². The van der Waals surface area contributed by atoms with Gasteiger partial charge in [-0.25, -0.2) is 8.78 Å².